The lowest BCUT2D eigenvalue weighted by atomic mass is 9.85. The van der Waals surface area contributed by atoms with Crippen LogP contribution < -0.4 is 5.73 Å². The predicted octanol–water partition coefficient (Wildman–Crippen LogP) is 3.73. The maximum atomic E-state index is 13.9. The van der Waals surface area contributed by atoms with Gasteiger partial charge >= 0.3 is 0 Å². The lowest BCUT2D eigenvalue weighted by Crippen LogP contribution is -2.28. The maximum absolute atomic E-state index is 13.9. The van der Waals surface area contributed by atoms with Gasteiger partial charge in [0, 0.05) is 18.5 Å². The molecular weight excluding hydrogens is 272 g/mol. The number of benzene rings is 1. The summed E-state index contributed by atoms with van der Waals surface area (Å²) >= 11 is 0. The Labute approximate surface area is 125 Å². The summed E-state index contributed by atoms with van der Waals surface area (Å²) in [6.07, 6.45) is 7.17. The fourth-order valence-electron chi connectivity index (χ4n) is 3.40. The molecule has 1 aliphatic carbocycles. The molecule has 1 aromatic carbocycles. The lowest BCUT2D eigenvalue weighted by molar-refractivity contribution is 0.110. The minimum Gasteiger partial charge on any atom is -0.392 e. The van der Waals surface area contributed by atoms with Crippen molar-refractivity contribution in [2.24, 2.45) is 11.7 Å². The molecule has 3 N–H and O–H groups in total. The van der Waals surface area contributed by atoms with Crippen molar-refractivity contribution in [3.63, 3.8) is 0 Å². The van der Waals surface area contributed by atoms with E-state index in [-0.39, 0.29) is 6.54 Å². The molecule has 0 saturated heterocycles. The number of aliphatic hydroxyl groups excluding tert-OH is 1. The molecule has 0 amide bonds. The summed E-state index contributed by atoms with van der Waals surface area (Å²) in [6, 6.07) is 3.48. The van der Waals surface area contributed by atoms with Crippen molar-refractivity contribution in [1.82, 2.24) is 0 Å². The fourth-order valence-corrected chi connectivity index (χ4v) is 3.40. The highest BCUT2D eigenvalue weighted by Crippen LogP contribution is 2.31. The number of nitrogens with two attached hydrogens (primary N) is 1. The Bertz CT molecular complexity index is 444. The molecule has 2 rings (SSSR count). The van der Waals surface area contributed by atoms with Gasteiger partial charge in [0.15, 0.2) is 0 Å². The number of rotatable bonds is 5. The molecule has 1 aromatic rings. The quantitative estimate of drug-likeness (QED) is 0.814. The third-order valence-corrected chi connectivity index (χ3v) is 4.63. The summed E-state index contributed by atoms with van der Waals surface area (Å²) in [5.41, 5.74) is 6.05. The number of aliphatic hydroxyl groups is 1. The first-order chi connectivity index (χ1) is 10.1. The van der Waals surface area contributed by atoms with E-state index < -0.39 is 23.7 Å². The van der Waals surface area contributed by atoms with Gasteiger partial charge in [-0.1, -0.05) is 44.6 Å². The van der Waals surface area contributed by atoms with Crippen molar-refractivity contribution in [2.75, 3.05) is 6.54 Å². The Hall–Kier alpha value is -1.00. The van der Waals surface area contributed by atoms with Crippen LogP contribution in [0.2, 0.25) is 0 Å². The van der Waals surface area contributed by atoms with Gasteiger partial charge in [-0.25, -0.2) is 8.78 Å². The number of hydrogen-bond donors (Lipinski definition) is 2. The zero-order chi connectivity index (χ0) is 15.2. The van der Waals surface area contributed by atoms with E-state index in [1.807, 2.05) is 0 Å². The Morgan fingerprint density at radius 2 is 1.81 bits per heavy atom. The average Bonchev–Trinajstić information content (AvgIpc) is 2.70. The lowest BCUT2D eigenvalue weighted by Gasteiger charge is -2.26. The zero-order valence-corrected chi connectivity index (χ0v) is 12.4. The minimum absolute atomic E-state index is 0.163. The van der Waals surface area contributed by atoms with Gasteiger partial charge in [0.25, 0.3) is 0 Å². The predicted molar refractivity (Wildman–Crippen MR) is 80.0 cm³/mol. The summed E-state index contributed by atoms with van der Waals surface area (Å²) in [4.78, 5) is 0. The van der Waals surface area contributed by atoms with Crippen molar-refractivity contribution in [3.8, 4) is 0 Å². The van der Waals surface area contributed by atoms with Crippen LogP contribution in [0, 0.1) is 17.6 Å². The standard InChI is InChI=1S/C17H25F2NO/c18-13-7-8-14(16(19)10-13)15(11-20)17(21)9-12-5-3-1-2-4-6-12/h7-8,10,12,15,17,21H,1-6,9,11,20H2. The summed E-state index contributed by atoms with van der Waals surface area (Å²) in [5, 5.41) is 10.5. The molecule has 2 nitrogen and oxygen atoms in total. The SMILES string of the molecule is NCC(c1ccc(F)cc1F)C(O)CC1CCCCCC1. The monoisotopic (exact) mass is 297 g/mol. The van der Waals surface area contributed by atoms with Crippen LogP contribution in [0.5, 0.6) is 0 Å². The smallest absolute Gasteiger partial charge is 0.129 e. The highest BCUT2D eigenvalue weighted by Gasteiger charge is 2.26. The highest BCUT2D eigenvalue weighted by molar-refractivity contribution is 5.24. The second kappa shape index (κ2) is 7.85. The van der Waals surface area contributed by atoms with Gasteiger partial charge in [-0.05, 0) is 24.0 Å². The van der Waals surface area contributed by atoms with E-state index in [0.29, 0.717) is 17.9 Å². The van der Waals surface area contributed by atoms with Gasteiger partial charge in [-0.15, -0.1) is 0 Å². The van der Waals surface area contributed by atoms with Crippen LogP contribution in [0.4, 0.5) is 8.78 Å². The van der Waals surface area contributed by atoms with Gasteiger partial charge in [-0.2, -0.15) is 0 Å². The average molecular weight is 297 g/mol. The first kappa shape index (κ1) is 16.4. The molecule has 2 atom stereocenters. The van der Waals surface area contributed by atoms with Gasteiger partial charge in [0.2, 0.25) is 0 Å². The van der Waals surface area contributed by atoms with Crippen LogP contribution in [-0.4, -0.2) is 17.8 Å². The molecule has 2 unspecified atom stereocenters. The van der Waals surface area contributed by atoms with E-state index in [1.165, 1.54) is 37.8 Å². The highest BCUT2D eigenvalue weighted by atomic mass is 19.1. The third-order valence-electron chi connectivity index (χ3n) is 4.63. The van der Waals surface area contributed by atoms with Crippen molar-refractivity contribution >= 4 is 0 Å². The van der Waals surface area contributed by atoms with Gasteiger partial charge in [0.05, 0.1) is 6.10 Å². The Morgan fingerprint density at radius 3 is 2.38 bits per heavy atom. The van der Waals surface area contributed by atoms with Crippen LogP contribution in [-0.2, 0) is 0 Å². The van der Waals surface area contributed by atoms with Crippen molar-refractivity contribution in [3.05, 3.63) is 35.4 Å². The van der Waals surface area contributed by atoms with Gasteiger partial charge in [-0.3, -0.25) is 0 Å². The molecule has 0 heterocycles. The van der Waals surface area contributed by atoms with Crippen LogP contribution in [0.25, 0.3) is 0 Å². The molecule has 0 radical (unpaired) electrons. The molecule has 1 saturated carbocycles. The van der Waals surface area contributed by atoms with Crippen LogP contribution in [0.1, 0.15) is 56.4 Å². The van der Waals surface area contributed by atoms with Crippen molar-refractivity contribution in [1.29, 1.82) is 0 Å². The Kier molecular flexibility index (Phi) is 6.12. The Morgan fingerprint density at radius 1 is 1.14 bits per heavy atom. The summed E-state index contributed by atoms with van der Waals surface area (Å²) in [6.45, 7) is 0.163. The molecule has 118 valence electrons. The maximum Gasteiger partial charge on any atom is 0.129 e. The molecule has 0 spiro atoms. The van der Waals surface area contributed by atoms with Crippen molar-refractivity contribution in [2.45, 2.75) is 57.0 Å². The Balaban J connectivity index is 2.05. The largest absolute Gasteiger partial charge is 0.392 e. The van der Waals surface area contributed by atoms with Crippen molar-refractivity contribution < 1.29 is 13.9 Å². The van der Waals surface area contributed by atoms with E-state index in [0.717, 1.165) is 18.9 Å². The summed E-state index contributed by atoms with van der Waals surface area (Å²) in [5.74, 6) is -1.20. The third kappa shape index (κ3) is 4.48. The molecular formula is C17H25F2NO. The molecule has 1 aliphatic rings. The second-order valence-electron chi connectivity index (χ2n) is 6.17. The van der Waals surface area contributed by atoms with Crippen LogP contribution in [0.3, 0.4) is 0 Å². The molecule has 0 bridgehead atoms. The molecule has 0 aromatic heterocycles. The van der Waals surface area contributed by atoms with Gasteiger partial charge < -0.3 is 10.8 Å². The first-order valence-corrected chi connectivity index (χ1v) is 7.95. The second-order valence-corrected chi connectivity index (χ2v) is 6.17. The van der Waals surface area contributed by atoms with E-state index in [1.54, 1.807) is 0 Å². The van der Waals surface area contributed by atoms with Crippen LogP contribution in [0.15, 0.2) is 18.2 Å². The van der Waals surface area contributed by atoms with E-state index >= 15 is 0 Å². The molecule has 0 aliphatic heterocycles. The first-order valence-electron chi connectivity index (χ1n) is 7.95. The fraction of sp³-hybridized carbons (Fsp3) is 0.647. The van der Waals surface area contributed by atoms with E-state index in [9.17, 15) is 13.9 Å². The zero-order valence-electron chi connectivity index (χ0n) is 12.4. The van der Waals surface area contributed by atoms with Gasteiger partial charge in [0.1, 0.15) is 11.6 Å². The van der Waals surface area contributed by atoms with Crippen LogP contribution >= 0.6 is 0 Å². The normalized spacial score (nSPS) is 20.0. The molecule has 4 heteroatoms. The number of hydrogen-bond acceptors (Lipinski definition) is 2. The molecule has 21 heavy (non-hydrogen) atoms. The number of halogens is 2. The summed E-state index contributed by atoms with van der Waals surface area (Å²) in [7, 11) is 0. The van der Waals surface area contributed by atoms with E-state index in [2.05, 4.69) is 0 Å². The minimum atomic E-state index is -0.668. The topological polar surface area (TPSA) is 46.2 Å². The summed E-state index contributed by atoms with van der Waals surface area (Å²) < 4.78 is 26.9. The molecule has 1 fully saturated rings. The van der Waals surface area contributed by atoms with E-state index in [4.69, 9.17) is 5.73 Å².